The summed E-state index contributed by atoms with van der Waals surface area (Å²) < 4.78 is 0. The molecule has 2 aliphatic rings. The summed E-state index contributed by atoms with van der Waals surface area (Å²) in [6, 6.07) is 1.20. The van der Waals surface area contributed by atoms with Gasteiger partial charge in [-0.1, -0.05) is 19.3 Å². The highest BCUT2D eigenvalue weighted by Gasteiger charge is 2.29. The average Bonchev–Trinajstić information content (AvgIpc) is 2.80. The van der Waals surface area contributed by atoms with E-state index in [0.717, 1.165) is 19.4 Å². The first kappa shape index (κ1) is 13.3. The Morgan fingerprint density at radius 2 is 2.06 bits per heavy atom. The lowest BCUT2D eigenvalue weighted by atomic mass is 9.84. The molecule has 0 aromatic rings. The normalized spacial score (nSPS) is 30.4. The first-order valence-electron chi connectivity index (χ1n) is 7.37. The fourth-order valence-corrected chi connectivity index (χ4v) is 3.22. The molecular weight excluding hydrogens is 212 g/mol. The van der Waals surface area contributed by atoms with Crippen LogP contribution in [0.15, 0.2) is 0 Å². The second kappa shape index (κ2) is 6.17. The molecule has 2 fully saturated rings. The third-order valence-electron chi connectivity index (χ3n) is 4.36. The summed E-state index contributed by atoms with van der Waals surface area (Å²) in [6.45, 7) is 4.20. The van der Waals surface area contributed by atoms with Gasteiger partial charge in [0.05, 0.1) is 5.60 Å². The summed E-state index contributed by atoms with van der Waals surface area (Å²) in [5.74, 6) is 0. The Morgan fingerprint density at radius 3 is 2.71 bits per heavy atom. The van der Waals surface area contributed by atoms with Crippen LogP contribution in [0.5, 0.6) is 0 Å². The molecule has 0 aromatic carbocycles. The van der Waals surface area contributed by atoms with E-state index in [2.05, 4.69) is 17.6 Å². The number of nitrogens with one attached hydrogen (secondary N) is 2. The van der Waals surface area contributed by atoms with Crippen LogP contribution in [0.4, 0.5) is 0 Å². The van der Waals surface area contributed by atoms with Crippen LogP contribution in [0.2, 0.25) is 0 Å². The van der Waals surface area contributed by atoms with Gasteiger partial charge < -0.3 is 15.7 Å². The molecule has 0 amide bonds. The Hall–Kier alpha value is -0.120. The molecule has 1 heterocycles. The second-order valence-electron chi connectivity index (χ2n) is 6.10. The van der Waals surface area contributed by atoms with Crippen molar-refractivity contribution in [3.05, 3.63) is 0 Å². The van der Waals surface area contributed by atoms with E-state index in [9.17, 15) is 5.11 Å². The van der Waals surface area contributed by atoms with Crippen LogP contribution >= 0.6 is 0 Å². The summed E-state index contributed by atoms with van der Waals surface area (Å²) >= 11 is 0. The quantitative estimate of drug-likeness (QED) is 0.686. The van der Waals surface area contributed by atoms with E-state index in [1.54, 1.807) is 0 Å². The largest absolute Gasteiger partial charge is 0.389 e. The van der Waals surface area contributed by atoms with E-state index in [0.29, 0.717) is 12.1 Å². The summed E-state index contributed by atoms with van der Waals surface area (Å²) in [4.78, 5) is 0. The minimum absolute atomic E-state index is 0.421. The van der Waals surface area contributed by atoms with E-state index < -0.39 is 5.60 Å². The van der Waals surface area contributed by atoms with Crippen molar-refractivity contribution in [2.75, 3.05) is 13.1 Å². The van der Waals surface area contributed by atoms with Crippen LogP contribution in [-0.4, -0.2) is 35.9 Å². The Labute approximate surface area is 105 Å². The SMILES string of the molecule is CC(CC1CCCN1)NCC1(O)CCCCC1. The maximum atomic E-state index is 10.4. The van der Waals surface area contributed by atoms with Crippen molar-refractivity contribution in [3.63, 3.8) is 0 Å². The molecule has 3 heteroatoms. The highest BCUT2D eigenvalue weighted by atomic mass is 16.3. The number of hydrogen-bond acceptors (Lipinski definition) is 3. The Balaban J connectivity index is 1.65. The summed E-state index contributed by atoms with van der Waals surface area (Å²) in [7, 11) is 0. The van der Waals surface area contributed by atoms with Crippen LogP contribution in [0.25, 0.3) is 0 Å². The molecule has 1 saturated carbocycles. The zero-order valence-electron chi connectivity index (χ0n) is 11.2. The summed E-state index contributed by atoms with van der Waals surface area (Å²) in [5.41, 5.74) is -0.421. The van der Waals surface area contributed by atoms with Crippen LogP contribution in [-0.2, 0) is 0 Å². The van der Waals surface area contributed by atoms with Gasteiger partial charge in [-0.2, -0.15) is 0 Å². The van der Waals surface area contributed by atoms with Crippen LogP contribution < -0.4 is 10.6 Å². The van der Waals surface area contributed by atoms with Gasteiger partial charge in [0.25, 0.3) is 0 Å². The molecule has 3 N–H and O–H groups in total. The number of rotatable bonds is 5. The van der Waals surface area contributed by atoms with Gasteiger partial charge in [-0.3, -0.25) is 0 Å². The standard InChI is InChI=1S/C14H28N2O/c1-12(10-13-6-5-9-15-13)16-11-14(17)7-3-2-4-8-14/h12-13,15-17H,2-11H2,1H3. The Kier molecular flexibility index (Phi) is 4.83. The van der Waals surface area contributed by atoms with Crippen molar-refractivity contribution in [2.45, 2.75) is 76.0 Å². The van der Waals surface area contributed by atoms with Gasteiger partial charge in [-0.15, -0.1) is 0 Å². The van der Waals surface area contributed by atoms with E-state index in [1.807, 2.05) is 0 Å². The minimum atomic E-state index is -0.421. The van der Waals surface area contributed by atoms with Crippen molar-refractivity contribution < 1.29 is 5.11 Å². The molecule has 0 bridgehead atoms. The monoisotopic (exact) mass is 240 g/mol. The molecular formula is C14H28N2O. The minimum Gasteiger partial charge on any atom is -0.389 e. The third kappa shape index (κ3) is 4.23. The highest BCUT2D eigenvalue weighted by molar-refractivity contribution is 4.86. The van der Waals surface area contributed by atoms with Crippen molar-refractivity contribution in [1.82, 2.24) is 10.6 Å². The Bertz CT molecular complexity index is 220. The number of hydrogen-bond donors (Lipinski definition) is 3. The van der Waals surface area contributed by atoms with E-state index >= 15 is 0 Å². The van der Waals surface area contributed by atoms with Crippen LogP contribution in [0.1, 0.15) is 58.3 Å². The predicted molar refractivity (Wildman–Crippen MR) is 71.1 cm³/mol. The van der Waals surface area contributed by atoms with Gasteiger partial charge in [0, 0.05) is 18.6 Å². The first-order valence-corrected chi connectivity index (χ1v) is 7.37. The van der Waals surface area contributed by atoms with Crippen LogP contribution in [0.3, 0.4) is 0 Å². The first-order chi connectivity index (χ1) is 8.18. The fourth-order valence-electron chi connectivity index (χ4n) is 3.22. The molecule has 100 valence electrons. The zero-order valence-corrected chi connectivity index (χ0v) is 11.2. The van der Waals surface area contributed by atoms with Gasteiger partial charge in [-0.25, -0.2) is 0 Å². The maximum absolute atomic E-state index is 10.4. The molecule has 1 aliphatic carbocycles. The predicted octanol–water partition coefficient (Wildman–Crippen LogP) is 1.80. The van der Waals surface area contributed by atoms with Gasteiger partial charge in [0.2, 0.25) is 0 Å². The lowest BCUT2D eigenvalue weighted by molar-refractivity contribution is 0.00268. The molecule has 17 heavy (non-hydrogen) atoms. The van der Waals surface area contributed by atoms with E-state index in [-0.39, 0.29) is 0 Å². The average molecular weight is 240 g/mol. The summed E-state index contributed by atoms with van der Waals surface area (Å²) in [6.07, 6.45) is 9.47. The van der Waals surface area contributed by atoms with E-state index in [4.69, 9.17) is 0 Å². The molecule has 0 spiro atoms. The van der Waals surface area contributed by atoms with Gasteiger partial charge >= 0.3 is 0 Å². The third-order valence-corrected chi connectivity index (χ3v) is 4.36. The Morgan fingerprint density at radius 1 is 1.29 bits per heavy atom. The zero-order chi connectivity index (χ0) is 12.1. The number of aliphatic hydroxyl groups is 1. The molecule has 2 atom stereocenters. The van der Waals surface area contributed by atoms with Crippen molar-refractivity contribution in [3.8, 4) is 0 Å². The lowest BCUT2D eigenvalue weighted by Gasteiger charge is -2.33. The molecule has 0 radical (unpaired) electrons. The molecule has 1 aliphatic heterocycles. The lowest BCUT2D eigenvalue weighted by Crippen LogP contribution is -2.46. The van der Waals surface area contributed by atoms with Gasteiger partial charge in [-0.05, 0) is 45.6 Å². The van der Waals surface area contributed by atoms with Gasteiger partial charge in [0.1, 0.15) is 0 Å². The highest BCUT2D eigenvalue weighted by Crippen LogP contribution is 2.27. The van der Waals surface area contributed by atoms with E-state index in [1.165, 1.54) is 45.1 Å². The molecule has 0 aromatic heterocycles. The fraction of sp³-hybridized carbons (Fsp3) is 1.00. The smallest absolute Gasteiger partial charge is 0.0771 e. The van der Waals surface area contributed by atoms with Crippen LogP contribution in [0, 0.1) is 0 Å². The molecule has 3 nitrogen and oxygen atoms in total. The van der Waals surface area contributed by atoms with Crippen molar-refractivity contribution in [1.29, 1.82) is 0 Å². The van der Waals surface area contributed by atoms with Gasteiger partial charge in [0.15, 0.2) is 0 Å². The summed E-state index contributed by atoms with van der Waals surface area (Å²) in [5, 5.41) is 17.5. The molecule has 1 saturated heterocycles. The second-order valence-corrected chi connectivity index (χ2v) is 6.10. The maximum Gasteiger partial charge on any atom is 0.0771 e. The molecule has 2 rings (SSSR count). The molecule has 2 unspecified atom stereocenters. The van der Waals surface area contributed by atoms with Crippen molar-refractivity contribution in [2.24, 2.45) is 0 Å². The topological polar surface area (TPSA) is 44.3 Å². The van der Waals surface area contributed by atoms with Crippen molar-refractivity contribution >= 4 is 0 Å².